The average molecular weight is 450 g/mol. The highest BCUT2D eigenvalue weighted by Gasteiger charge is 2.23. The predicted molar refractivity (Wildman–Crippen MR) is 135 cm³/mol. The molecule has 0 bridgehead atoms. The molecule has 1 aliphatic rings. The second-order valence-corrected chi connectivity index (χ2v) is 8.51. The van der Waals surface area contributed by atoms with Crippen molar-refractivity contribution in [3.8, 4) is 28.7 Å². The molecule has 34 heavy (non-hydrogen) atoms. The van der Waals surface area contributed by atoms with Crippen LogP contribution in [0.2, 0.25) is 0 Å². The summed E-state index contributed by atoms with van der Waals surface area (Å²) in [5.74, 6) is 1.63. The molecule has 0 atom stereocenters. The van der Waals surface area contributed by atoms with Crippen molar-refractivity contribution in [1.29, 1.82) is 5.26 Å². The standard InChI is InChI=1S/C29H27N3O2/c1-2-33-27-16-20(28-23-12-5-6-13-25(23)32-29(31)24(28)17-30)14-15-26(27)34-18-21-10-7-9-19-8-3-4-11-22(19)21/h3-4,7-11,14-16H,2,5-6,12-13,18H2,1H3,(H2,31,32). The molecule has 5 nitrogen and oxygen atoms in total. The molecule has 0 radical (unpaired) electrons. The van der Waals surface area contributed by atoms with E-state index in [1.165, 1.54) is 10.8 Å². The van der Waals surface area contributed by atoms with Crippen LogP contribution in [0.3, 0.4) is 0 Å². The van der Waals surface area contributed by atoms with E-state index in [-0.39, 0.29) is 0 Å². The van der Waals surface area contributed by atoms with Crippen LogP contribution < -0.4 is 15.2 Å². The fourth-order valence-corrected chi connectivity index (χ4v) is 4.82. The minimum atomic E-state index is 0.299. The third kappa shape index (κ3) is 4.04. The van der Waals surface area contributed by atoms with Crippen molar-refractivity contribution < 1.29 is 9.47 Å². The molecule has 0 fully saturated rings. The van der Waals surface area contributed by atoms with Gasteiger partial charge in [0.05, 0.1) is 6.61 Å². The van der Waals surface area contributed by atoms with Gasteiger partial charge in [0.1, 0.15) is 24.1 Å². The molecule has 1 aromatic heterocycles. The summed E-state index contributed by atoms with van der Waals surface area (Å²) in [4.78, 5) is 4.53. The number of nitrogens with two attached hydrogens (primary N) is 1. The van der Waals surface area contributed by atoms with Crippen molar-refractivity contribution in [2.75, 3.05) is 12.3 Å². The van der Waals surface area contributed by atoms with Gasteiger partial charge in [-0.15, -0.1) is 0 Å². The van der Waals surface area contributed by atoms with Gasteiger partial charge in [0.15, 0.2) is 11.5 Å². The Bertz CT molecular complexity index is 1400. The maximum Gasteiger partial charge on any atom is 0.161 e. The number of ether oxygens (including phenoxy) is 2. The zero-order valence-electron chi connectivity index (χ0n) is 19.3. The van der Waals surface area contributed by atoms with Crippen LogP contribution in [-0.2, 0) is 19.4 Å². The Morgan fingerprint density at radius 2 is 1.79 bits per heavy atom. The Kier molecular flexibility index (Phi) is 6.05. The number of nitriles is 1. The minimum absolute atomic E-state index is 0.299. The number of benzene rings is 3. The van der Waals surface area contributed by atoms with E-state index in [0.717, 1.165) is 53.6 Å². The molecule has 1 heterocycles. The fourth-order valence-electron chi connectivity index (χ4n) is 4.82. The molecule has 0 spiro atoms. The van der Waals surface area contributed by atoms with Crippen molar-refractivity contribution in [3.05, 3.63) is 83.0 Å². The van der Waals surface area contributed by atoms with Crippen LogP contribution >= 0.6 is 0 Å². The molecular weight excluding hydrogens is 422 g/mol. The molecule has 0 aliphatic heterocycles. The smallest absolute Gasteiger partial charge is 0.161 e. The summed E-state index contributed by atoms with van der Waals surface area (Å²) in [7, 11) is 0. The monoisotopic (exact) mass is 449 g/mol. The predicted octanol–water partition coefficient (Wildman–Crippen LogP) is 6.21. The van der Waals surface area contributed by atoms with Crippen molar-refractivity contribution in [2.45, 2.75) is 39.2 Å². The van der Waals surface area contributed by atoms with E-state index in [0.29, 0.717) is 36.1 Å². The lowest BCUT2D eigenvalue weighted by atomic mass is 9.86. The van der Waals surface area contributed by atoms with E-state index in [9.17, 15) is 5.26 Å². The van der Waals surface area contributed by atoms with E-state index in [4.69, 9.17) is 15.2 Å². The van der Waals surface area contributed by atoms with Gasteiger partial charge in [-0.3, -0.25) is 0 Å². The summed E-state index contributed by atoms with van der Waals surface area (Å²) >= 11 is 0. The van der Waals surface area contributed by atoms with Crippen LogP contribution in [-0.4, -0.2) is 11.6 Å². The van der Waals surface area contributed by atoms with Crippen LogP contribution in [0.5, 0.6) is 11.5 Å². The zero-order chi connectivity index (χ0) is 23.5. The van der Waals surface area contributed by atoms with E-state index in [1.54, 1.807) is 0 Å². The SMILES string of the molecule is CCOc1cc(-c2c(C#N)c(N)nc3c2CCCC3)ccc1OCc1cccc2ccccc12. The Balaban J connectivity index is 1.53. The first-order valence-corrected chi connectivity index (χ1v) is 11.8. The minimum Gasteiger partial charge on any atom is -0.490 e. The van der Waals surface area contributed by atoms with Crippen LogP contribution in [0, 0.1) is 11.3 Å². The quantitative estimate of drug-likeness (QED) is 0.378. The second kappa shape index (κ2) is 9.44. The first-order valence-electron chi connectivity index (χ1n) is 11.8. The number of hydrogen-bond acceptors (Lipinski definition) is 5. The molecule has 1 aliphatic carbocycles. The Labute approximate surface area is 199 Å². The molecule has 170 valence electrons. The number of fused-ring (bicyclic) bond motifs is 2. The zero-order valence-corrected chi connectivity index (χ0v) is 19.3. The van der Waals surface area contributed by atoms with Gasteiger partial charge in [-0.1, -0.05) is 48.5 Å². The molecular formula is C29H27N3O2. The number of pyridine rings is 1. The summed E-state index contributed by atoms with van der Waals surface area (Å²) in [6, 6.07) is 22.7. The van der Waals surface area contributed by atoms with Gasteiger partial charge in [-0.25, -0.2) is 4.98 Å². The van der Waals surface area contributed by atoms with Gasteiger partial charge in [-0.2, -0.15) is 5.26 Å². The summed E-state index contributed by atoms with van der Waals surface area (Å²) in [5.41, 5.74) is 11.7. The largest absolute Gasteiger partial charge is 0.490 e. The number of rotatable bonds is 6. The van der Waals surface area contributed by atoms with Gasteiger partial charge in [0, 0.05) is 11.3 Å². The van der Waals surface area contributed by atoms with Crippen molar-refractivity contribution in [3.63, 3.8) is 0 Å². The number of hydrogen-bond donors (Lipinski definition) is 1. The van der Waals surface area contributed by atoms with Gasteiger partial charge in [0.2, 0.25) is 0 Å². The second-order valence-electron chi connectivity index (χ2n) is 8.51. The number of anilines is 1. The lowest BCUT2D eigenvalue weighted by molar-refractivity contribution is 0.270. The highest BCUT2D eigenvalue weighted by molar-refractivity contribution is 5.85. The molecule has 0 unspecified atom stereocenters. The van der Waals surface area contributed by atoms with Crippen LogP contribution in [0.4, 0.5) is 5.82 Å². The molecule has 0 amide bonds. The summed E-state index contributed by atoms with van der Waals surface area (Å²) in [5, 5.41) is 12.2. The summed E-state index contributed by atoms with van der Waals surface area (Å²) in [6.45, 7) is 2.89. The van der Waals surface area contributed by atoms with E-state index in [2.05, 4.69) is 35.3 Å². The maximum atomic E-state index is 9.86. The van der Waals surface area contributed by atoms with Crippen LogP contribution in [0.25, 0.3) is 21.9 Å². The Hall–Kier alpha value is -4.04. The van der Waals surface area contributed by atoms with E-state index < -0.39 is 0 Å². The summed E-state index contributed by atoms with van der Waals surface area (Å²) in [6.07, 6.45) is 3.97. The molecule has 3 aromatic carbocycles. The lowest BCUT2D eigenvalue weighted by Crippen LogP contribution is -2.12. The third-order valence-electron chi connectivity index (χ3n) is 6.41. The first-order chi connectivity index (χ1) is 16.7. The van der Waals surface area contributed by atoms with Crippen molar-refractivity contribution in [2.24, 2.45) is 0 Å². The molecule has 2 N–H and O–H groups in total. The van der Waals surface area contributed by atoms with Crippen molar-refractivity contribution in [1.82, 2.24) is 4.98 Å². The number of aryl methyl sites for hydroxylation is 1. The van der Waals surface area contributed by atoms with E-state index in [1.807, 2.05) is 43.3 Å². The van der Waals surface area contributed by atoms with Gasteiger partial charge < -0.3 is 15.2 Å². The third-order valence-corrected chi connectivity index (χ3v) is 6.41. The topological polar surface area (TPSA) is 81.2 Å². The molecule has 5 heteroatoms. The highest BCUT2D eigenvalue weighted by Crippen LogP contribution is 2.40. The van der Waals surface area contributed by atoms with Gasteiger partial charge >= 0.3 is 0 Å². The molecule has 4 aromatic rings. The Morgan fingerprint density at radius 3 is 2.65 bits per heavy atom. The Morgan fingerprint density at radius 1 is 0.971 bits per heavy atom. The number of nitrogens with zero attached hydrogens (tertiary/aromatic N) is 2. The lowest BCUT2D eigenvalue weighted by Gasteiger charge is -2.22. The summed E-state index contributed by atoms with van der Waals surface area (Å²) < 4.78 is 12.2. The number of nitrogen functional groups attached to an aromatic ring is 1. The normalized spacial score (nSPS) is 12.7. The van der Waals surface area contributed by atoms with Crippen molar-refractivity contribution >= 4 is 16.6 Å². The van der Waals surface area contributed by atoms with Gasteiger partial charge in [-0.05, 0) is 72.2 Å². The molecule has 0 saturated heterocycles. The van der Waals surface area contributed by atoms with Gasteiger partial charge in [0.25, 0.3) is 0 Å². The highest BCUT2D eigenvalue weighted by atomic mass is 16.5. The first kappa shape index (κ1) is 21.8. The van der Waals surface area contributed by atoms with Crippen LogP contribution in [0.1, 0.15) is 42.1 Å². The molecule has 0 saturated carbocycles. The fraction of sp³-hybridized carbons (Fsp3) is 0.241. The van der Waals surface area contributed by atoms with Crippen LogP contribution in [0.15, 0.2) is 60.7 Å². The number of aromatic nitrogens is 1. The van der Waals surface area contributed by atoms with E-state index >= 15 is 0 Å². The average Bonchev–Trinajstić information content (AvgIpc) is 2.87. The molecule has 5 rings (SSSR count). The maximum absolute atomic E-state index is 9.86.